The molecule has 1 aliphatic rings. The molecule has 7 heteroatoms. The number of hydrogen-bond acceptors (Lipinski definition) is 5. The van der Waals surface area contributed by atoms with Crippen LogP contribution in [0.25, 0.3) is 0 Å². The molecule has 3 aromatic carbocycles. The molecule has 0 radical (unpaired) electrons. The Kier molecular flexibility index (Phi) is 8.62. The summed E-state index contributed by atoms with van der Waals surface area (Å²) in [5.74, 6) is 0.508. The summed E-state index contributed by atoms with van der Waals surface area (Å²) < 4.78 is 11.2. The molecule has 1 aliphatic heterocycles. The second-order valence-corrected chi connectivity index (χ2v) is 11.3. The number of benzene rings is 3. The van der Waals surface area contributed by atoms with Crippen LogP contribution in [0.2, 0.25) is 0 Å². The van der Waals surface area contributed by atoms with Crippen LogP contribution in [-0.2, 0) is 29.0 Å². The molecule has 0 bridgehead atoms. The largest absolute Gasteiger partial charge is 0.497 e. The van der Waals surface area contributed by atoms with Gasteiger partial charge in [0.2, 0.25) is 5.91 Å². The summed E-state index contributed by atoms with van der Waals surface area (Å²) in [5, 5.41) is 0. The summed E-state index contributed by atoms with van der Waals surface area (Å²) in [6.07, 6.45) is -0.126. The summed E-state index contributed by atoms with van der Waals surface area (Å²) in [6, 6.07) is 21.8. The summed E-state index contributed by atoms with van der Waals surface area (Å²) in [6.45, 7) is 9.56. The Hall–Kier alpha value is -4.13. The van der Waals surface area contributed by atoms with Crippen molar-refractivity contribution >= 4 is 17.8 Å². The average molecular weight is 543 g/mol. The van der Waals surface area contributed by atoms with E-state index in [-0.39, 0.29) is 24.3 Å². The van der Waals surface area contributed by atoms with Crippen molar-refractivity contribution < 1.29 is 23.9 Å². The number of carbonyl (C=O) groups excluding carboxylic acids is 3. The Balaban J connectivity index is 1.73. The van der Waals surface area contributed by atoms with Crippen molar-refractivity contribution in [2.24, 2.45) is 0 Å². The molecule has 0 N–H and O–H groups in total. The first-order chi connectivity index (χ1) is 19.0. The number of fused-ring (bicyclic) bond motifs is 1. The number of Topliss-reactive ketones (excluding diaryl/α,β-unsaturated/α-hetero) is 1. The Morgan fingerprint density at radius 2 is 1.65 bits per heavy atom. The fourth-order valence-electron chi connectivity index (χ4n) is 4.98. The van der Waals surface area contributed by atoms with Gasteiger partial charge in [0.15, 0.2) is 5.78 Å². The van der Waals surface area contributed by atoms with Gasteiger partial charge in [-0.25, -0.2) is 4.79 Å². The molecule has 0 saturated carbocycles. The maximum Gasteiger partial charge on any atom is 0.411 e. The van der Waals surface area contributed by atoms with Gasteiger partial charge in [-0.1, -0.05) is 60.7 Å². The van der Waals surface area contributed by atoms with Gasteiger partial charge in [-0.05, 0) is 69.0 Å². The molecule has 2 atom stereocenters. The molecule has 4 rings (SSSR count). The van der Waals surface area contributed by atoms with Crippen molar-refractivity contribution in [1.29, 1.82) is 0 Å². The number of methoxy groups -OCH3 is 1. The number of nitrogens with zero attached hydrogens (tertiary/aromatic N) is 2. The zero-order valence-corrected chi connectivity index (χ0v) is 24.1. The van der Waals surface area contributed by atoms with E-state index in [1.54, 1.807) is 29.0 Å². The molecule has 1 heterocycles. The fraction of sp³-hybridized carbons (Fsp3) is 0.364. The van der Waals surface area contributed by atoms with Gasteiger partial charge < -0.3 is 14.4 Å². The summed E-state index contributed by atoms with van der Waals surface area (Å²) in [5.41, 5.74) is 3.75. The third-order valence-corrected chi connectivity index (χ3v) is 7.20. The first-order valence-electron chi connectivity index (χ1n) is 13.6. The Morgan fingerprint density at radius 3 is 2.27 bits per heavy atom. The topological polar surface area (TPSA) is 76.2 Å². The third kappa shape index (κ3) is 6.71. The lowest BCUT2D eigenvalue weighted by Gasteiger charge is -2.40. The van der Waals surface area contributed by atoms with E-state index >= 15 is 0 Å². The monoisotopic (exact) mass is 542 g/mol. The van der Waals surface area contributed by atoms with Crippen LogP contribution < -0.4 is 4.74 Å². The Morgan fingerprint density at radius 1 is 0.975 bits per heavy atom. The smallest absolute Gasteiger partial charge is 0.411 e. The first-order valence-corrected chi connectivity index (χ1v) is 13.6. The minimum atomic E-state index is -0.741. The number of hydrogen-bond donors (Lipinski definition) is 0. The van der Waals surface area contributed by atoms with Gasteiger partial charge in [0.05, 0.1) is 19.7 Å². The van der Waals surface area contributed by atoms with E-state index in [0.717, 1.165) is 22.3 Å². The molecule has 0 aliphatic carbocycles. The second kappa shape index (κ2) is 11.9. The molecule has 0 aromatic heterocycles. The van der Waals surface area contributed by atoms with Crippen molar-refractivity contribution in [3.8, 4) is 5.75 Å². The van der Waals surface area contributed by atoms with Gasteiger partial charge >= 0.3 is 6.09 Å². The number of ether oxygens (including phenoxy) is 2. The zero-order valence-electron chi connectivity index (χ0n) is 24.1. The lowest BCUT2D eigenvalue weighted by Crippen LogP contribution is -2.54. The highest BCUT2D eigenvalue weighted by Crippen LogP contribution is 2.31. The molecule has 0 saturated heterocycles. The Labute approximate surface area is 236 Å². The fourth-order valence-corrected chi connectivity index (χ4v) is 4.98. The molecule has 7 nitrogen and oxygen atoms in total. The van der Waals surface area contributed by atoms with E-state index in [2.05, 4.69) is 0 Å². The predicted octanol–water partition coefficient (Wildman–Crippen LogP) is 6.35. The normalized spacial score (nSPS) is 15.6. The molecule has 210 valence electrons. The van der Waals surface area contributed by atoms with Crippen LogP contribution in [0.3, 0.4) is 0 Å². The highest BCUT2D eigenvalue weighted by atomic mass is 16.6. The van der Waals surface area contributed by atoms with Gasteiger partial charge in [-0.3, -0.25) is 14.5 Å². The van der Waals surface area contributed by atoms with Crippen LogP contribution in [0.1, 0.15) is 73.3 Å². The van der Waals surface area contributed by atoms with Gasteiger partial charge in [0.1, 0.15) is 17.4 Å². The predicted molar refractivity (Wildman–Crippen MR) is 154 cm³/mol. The lowest BCUT2D eigenvalue weighted by molar-refractivity contribution is -0.140. The zero-order chi connectivity index (χ0) is 29.0. The van der Waals surface area contributed by atoms with E-state index in [1.165, 1.54) is 6.92 Å². The molecule has 2 amide bonds. The van der Waals surface area contributed by atoms with Crippen molar-refractivity contribution in [3.63, 3.8) is 0 Å². The van der Waals surface area contributed by atoms with Gasteiger partial charge in [-0.15, -0.1) is 0 Å². The van der Waals surface area contributed by atoms with Crippen LogP contribution >= 0.6 is 0 Å². The van der Waals surface area contributed by atoms with Gasteiger partial charge in [-0.2, -0.15) is 0 Å². The van der Waals surface area contributed by atoms with E-state index < -0.39 is 17.7 Å². The average Bonchev–Trinajstić information content (AvgIpc) is 2.93. The number of carbonyl (C=O) groups is 3. The van der Waals surface area contributed by atoms with Crippen molar-refractivity contribution in [1.82, 2.24) is 9.80 Å². The SMILES string of the molecule is COc1cccc([C@@H](C)N(Cc2ccc(C(C)=O)cc2)C(=O)[C@@H]2Cc3ccccc3CN2C(=O)OC(C)(C)C)c1. The van der Waals surface area contributed by atoms with Crippen LogP contribution in [0.15, 0.2) is 72.8 Å². The number of ketones is 1. The van der Waals surface area contributed by atoms with Crippen LogP contribution in [0, 0.1) is 0 Å². The van der Waals surface area contributed by atoms with Gasteiger partial charge in [0.25, 0.3) is 0 Å². The standard InChI is InChI=1S/C33H38N2O5/c1-22(26-12-9-13-29(18-26)39-6)34(20-24-14-16-25(17-15-24)23(2)36)31(37)30-19-27-10-7-8-11-28(27)21-35(30)32(38)40-33(3,4)5/h7-18,22,30H,19-21H2,1-6H3/t22-,30+/m1/s1. The maximum atomic E-state index is 14.5. The molecular formula is C33H38N2O5. The highest BCUT2D eigenvalue weighted by molar-refractivity contribution is 5.94. The van der Waals surface area contributed by atoms with Crippen molar-refractivity contribution in [2.45, 2.75) is 71.8 Å². The molecular weight excluding hydrogens is 504 g/mol. The Bertz CT molecular complexity index is 1380. The van der Waals surface area contributed by atoms with E-state index in [4.69, 9.17) is 9.47 Å². The molecule has 3 aromatic rings. The molecule has 0 unspecified atom stereocenters. The van der Waals surface area contributed by atoms with Crippen molar-refractivity contribution in [3.05, 3.63) is 101 Å². The minimum Gasteiger partial charge on any atom is -0.497 e. The third-order valence-electron chi connectivity index (χ3n) is 7.20. The first kappa shape index (κ1) is 28.9. The minimum absolute atomic E-state index is 0.0156. The van der Waals surface area contributed by atoms with Crippen LogP contribution in [0.5, 0.6) is 5.75 Å². The summed E-state index contributed by atoms with van der Waals surface area (Å²) in [7, 11) is 1.61. The lowest BCUT2D eigenvalue weighted by atomic mass is 9.92. The molecule has 0 fully saturated rings. The second-order valence-electron chi connectivity index (χ2n) is 11.3. The van der Waals surface area contributed by atoms with E-state index in [9.17, 15) is 14.4 Å². The van der Waals surface area contributed by atoms with E-state index in [0.29, 0.717) is 24.3 Å². The quantitative estimate of drug-likeness (QED) is 0.325. The van der Waals surface area contributed by atoms with Gasteiger partial charge in [0, 0.05) is 18.5 Å². The molecule has 40 heavy (non-hydrogen) atoms. The molecule has 0 spiro atoms. The summed E-state index contributed by atoms with van der Waals surface area (Å²) >= 11 is 0. The summed E-state index contributed by atoms with van der Waals surface area (Å²) in [4.78, 5) is 43.1. The van der Waals surface area contributed by atoms with Crippen LogP contribution in [-0.4, -0.2) is 46.3 Å². The number of amides is 2. The van der Waals surface area contributed by atoms with E-state index in [1.807, 2.05) is 88.4 Å². The van der Waals surface area contributed by atoms with Crippen LogP contribution in [0.4, 0.5) is 4.79 Å². The highest BCUT2D eigenvalue weighted by Gasteiger charge is 2.40. The number of rotatable bonds is 7. The maximum absolute atomic E-state index is 14.5. The van der Waals surface area contributed by atoms with Crippen molar-refractivity contribution in [2.75, 3.05) is 7.11 Å².